The van der Waals surface area contributed by atoms with Crippen LogP contribution in [0.15, 0.2) is 24.3 Å². The predicted octanol–water partition coefficient (Wildman–Crippen LogP) is 7.98. The molecule has 0 saturated heterocycles. The van der Waals surface area contributed by atoms with Crippen molar-refractivity contribution in [3.63, 3.8) is 0 Å². The molecule has 0 bridgehead atoms. The third-order valence-electron chi connectivity index (χ3n) is 6.63. The van der Waals surface area contributed by atoms with Crippen LogP contribution in [0.25, 0.3) is 0 Å². The molecule has 1 aromatic carbocycles. The molecular formula is C32H59NO5. The number of anilines is 1. The fourth-order valence-corrected chi connectivity index (χ4v) is 4.30. The van der Waals surface area contributed by atoms with Crippen molar-refractivity contribution < 1.29 is 23.7 Å². The van der Waals surface area contributed by atoms with Crippen molar-refractivity contribution in [2.75, 3.05) is 65.2 Å². The van der Waals surface area contributed by atoms with Crippen LogP contribution in [0, 0.1) is 0 Å². The van der Waals surface area contributed by atoms with E-state index in [1.165, 1.54) is 96.3 Å². The lowest BCUT2D eigenvalue weighted by Gasteiger charge is -2.08. The smallest absolute Gasteiger partial charge is 0.119 e. The summed E-state index contributed by atoms with van der Waals surface area (Å²) < 4.78 is 27.8. The largest absolute Gasteiger partial charge is 0.491 e. The van der Waals surface area contributed by atoms with Gasteiger partial charge in [-0.05, 0) is 30.7 Å². The molecule has 38 heavy (non-hydrogen) atoms. The van der Waals surface area contributed by atoms with Crippen molar-refractivity contribution in [1.82, 2.24) is 0 Å². The molecule has 6 nitrogen and oxygen atoms in total. The van der Waals surface area contributed by atoms with Crippen LogP contribution in [-0.4, -0.2) is 59.5 Å². The highest BCUT2D eigenvalue weighted by Gasteiger charge is 1.97. The van der Waals surface area contributed by atoms with E-state index < -0.39 is 0 Å². The number of hydrogen-bond donors (Lipinski definition) is 1. The zero-order valence-corrected chi connectivity index (χ0v) is 24.6. The van der Waals surface area contributed by atoms with E-state index in [4.69, 9.17) is 29.4 Å². The average Bonchev–Trinajstić information content (AvgIpc) is 2.93. The summed E-state index contributed by atoms with van der Waals surface area (Å²) in [5, 5.41) is 0. The van der Waals surface area contributed by atoms with E-state index >= 15 is 0 Å². The van der Waals surface area contributed by atoms with E-state index in [9.17, 15) is 0 Å². The first-order valence-corrected chi connectivity index (χ1v) is 15.6. The first-order valence-electron chi connectivity index (χ1n) is 15.6. The molecule has 0 unspecified atom stereocenters. The molecule has 6 heteroatoms. The Balaban J connectivity index is 1.64. The molecule has 0 heterocycles. The van der Waals surface area contributed by atoms with Gasteiger partial charge in [-0.1, -0.05) is 103 Å². The summed E-state index contributed by atoms with van der Waals surface area (Å²) in [4.78, 5) is 0. The summed E-state index contributed by atoms with van der Waals surface area (Å²) >= 11 is 0. The first-order chi connectivity index (χ1) is 18.8. The van der Waals surface area contributed by atoms with Crippen LogP contribution in [0.5, 0.6) is 5.75 Å². The number of ether oxygens (including phenoxy) is 5. The summed E-state index contributed by atoms with van der Waals surface area (Å²) in [5.74, 6) is 0.796. The van der Waals surface area contributed by atoms with Gasteiger partial charge >= 0.3 is 0 Å². The topological polar surface area (TPSA) is 72.2 Å². The Kier molecular flexibility index (Phi) is 26.2. The number of nitrogens with two attached hydrogens (primary N) is 1. The van der Waals surface area contributed by atoms with Gasteiger partial charge < -0.3 is 29.4 Å². The maximum absolute atomic E-state index is 5.67. The molecule has 0 spiro atoms. The molecule has 0 aromatic heterocycles. The second kappa shape index (κ2) is 28.7. The monoisotopic (exact) mass is 537 g/mol. The van der Waals surface area contributed by atoms with E-state index in [1.54, 1.807) is 0 Å². The highest BCUT2D eigenvalue weighted by atomic mass is 16.6. The molecule has 0 amide bonds. The van der Waals surface area contributed by atoms with Gasteiger partial charge in [0, 0.05) is 12.3 Å². The fraction of sp³-hybridized carbons (Fsp3) is 0.812. The lowest BCUT2D eigenvalue weighted by atomic mass is 10.0. The minimum Gasteiger partial charge on any atom is -0.491 e. The molecule has 0 aliphatic heterocycles. The molecule has 2 N–H and O–H groups in total. The van der Waals surface area contributed by atoms with Gasteiger partial charge in [-0.3, -0.25) is 0 Å². The molecule has 0 atom stereocenters. The van der Waals surface area contributed by atoms with Gasteiger partial charge in [0.05, 0.1) is 46.2 Å². The van der Waals surface area contributed by atoms with Crippen molar-refractivity contribution in [2.24, 2.45) is 0 Å². The van der Waals surface area contributed by atoms with Crippen LogP contribution in [-0.2, 0) is 18.9 Å². The Morgan fingerprint density at radius 2 is 0.763 bits per heavy atom. The lowest BCUT2D eigenvalue weighted by molar-refractivity contribution is -0.00487. The fourth-order valence-electron chi connectivity index (χ4n) is 4.30. The Bertz CT molecular complexity index is 584. The zero-order valence-electron chi connectivity index (χ0n) is 24.6. The summed E-state index contributed by atoms with van der Waals surface area (Å²) in [5.41, 5.74) is 6.38. The number of hydrogen-bond acceptors (Lipinski definition) is 6. The number of nitrogen functional groups attached to an aromatic ring is 1. The van der Waals surface area contributed by atoms with Gasteiger partial charge in [0.25, 0.3) is 0 Å². The molecule has 0 saturated carbocycles. The van der Waals surface area contributed by atoms with Crippen LogP contribution in [0.3, 0.4) is 0 Å². The van der Waals surface area contributed by atoms with E-state index in [0.29, 0.717) is 52.9 Å². The lowest BCUT2D eigenvalue weighted by Crippen LogP contribution is -2.13. The normalized spacial score (nSPS) is 11.3. The molecule has 0 aliphatic carbocycles. The summed E-state index contributed by atoms with van der Waals surface area (Å²) in [6, 6.07) is 7.34. The first kappa shape index (κ1) is 34.7. The maximum atomic E-state index is 5.67. The summed E-state index contributed by atoms with van der Waals surface area (Å²) in [6.45, 7) is 7.72. The van der Waals surface area contributed by atoms with E-state index in [2.05, 4.69) is 6.92 Å². The summed E-state index contributed by atoms with van der Waals surface area (Å²) in [7, 11) is 0. The molecular weight excluding hydrogens is 478 g/mol. The zero-order chi connectivity index (χ0) is 27.2. The molecule has 1 rings (SSSR count). The SMILES string of the molecule is CCCCCCCCCCCCCCCCCCOCCOCCOCCOCCOc1ccc(N)cc1. The van der Waals surface area contributed by atoms with Crippen molar-refractivity contribution in [3.05, 3.63) is 24.3 Å². The molecule has 0 aliphatic rings. The molecule has 222 valence electrons. The van der Waals surface area contributed by atoms with Gasteiger partial charge in [-0.2, -0.15) is 0 Å². The van der Waals surface area contributed by atoms with Crippen molar-refractivity contribution in [1.29, 1.82) is 0 Å². The number of benzene rings is 1. The Labute approximate surface area is 234 Å². The van der Waals surface area contributed by atoms with E-state index in [1.807, 2.05) is 24.3 Å². The van der Waals surface area contributed by atoms with Crippen LogP contribution in [0.1, 0.15) is 110 Å². The number of rotatable bonds is 30. The van der Waals surface area contributed by atoms with Crippen molar-refractivity contribution in [3.8, 4) is 5.75 Å². The van der Waals surface area contributed by atoms with Crippen molar-refractivity contribution >= 4 is 5.69 Å². The van der Waals surface area contributed by atoms with Crippen LogP contribution in [0.4, 0.5) is 5.69 Å². The van der Waals surface area contributed by atoms with Gasteiger partial charge in [0.2, 0.25) is 0 Å². The molecule has 1 aromatic rings. The van der Waals surface area contributed by atoms with E-state index in [0.717, 1.165) is 24.5 Å². The van der Waals surface area contributed by atoms with E-state index in [-0.39, 0.29) is 0 Å². The van der Waals surface area contributed by atoms with Crippen molar-refractivity contribution in [2.45, 2.75) is 110 Å². The highest BCUT2D eigenvalue weighted by Crippen LogP contribution is 2.14. The quantitative estimate of drug-likeness (QED) is 0.0792. The Morgan fingerprint density at radius 1 is 0.421 bits per heavy atom. The number of unbranched alkanes of at least 4 members (excludes halogenated alkanes) is 15. The second-order valence-corrected chi connectivity index (χ2v) is 10.2. The van der Waals surface area contributed by atoms with Crippen LogP contribution >= 0.6 is 0 Å². The third kappa shape index (κ3) is 25.0. The molecule has 0 radical (unpaired) electrons. The van der Waals surface area contributed by atoms with Gasteiger partial charge in [-0.25, -0.2) is 0 Å². The minimum absolute atomic E-state index is 0.506. The highest BCUT2D eigenvalue weighted by molar-refractivity contribution is 5.41. The molecule has 0 fully saturated rings. The van der Waals surface area contributed by atoms with Crippen LogP contribution < -0.4 is 10.5 Å². The van der Waals surface area contributed by atoms with Gasteiger partial charge in [-0.15, -0.1) is 0 Å². The second-order valence-electron chi connectivity index (χ2n) is 10.2. The predicted molar refractivity (Wildman–Crippen MR) is 159 cm³/mol. The average molecular weight is 538 g/mol. The van der Waals surface area contributed by atoms with Gasteiger partial charge in [0.1, 0.15) is 12.4 Å². The Hall–Kier alpha value is -1.34. The Morgan fingerprint density at radius 3 is 1.18 bits per heavy atom. The van der Waals surface area contributed by atoms with Crippen LogP contribution in [0.2, 0.25) is 0 Å². The standard InChI is InChI=1S/C32H59NO5/c1-2-3-4-5-6-7-8-9-10-11-12-13-14-15-16-17-22-34-23-24-35-25-26-36-27-28-37-29-30-38-32-20-18-31(33)19-21-32/h18-21H,2-17,22-30,33H2,1H3. The maximum Gasteiger partial charge on any atom is 0.119 e. The summed E-state index contributed by atoms with van der Waals surface area (Å²) in [6.07, 6.45) is 22.3. The van der Waals surface area contributed by atoms with Gasteiger partial charge in [0.15, 0.2) is 0 Å². The minimum atomic E-state index is 0.506. The third-order valence-corrected chi connectivity index (χ3v) is 6.63.